The number of carboxylic acid groups (broad SMARTS) is 1. The van der Waals surface area contributed by atoms with E-state index in [2.05, 4.69) is 5.32 Å². The Morgan fingerprint density at radius 3 is 2.55 bits per heavy atom. The number of benzene rings is 1. The van der Waals surface area contributed by atoms with E-state index >= 15 is 0 Å². The minimum absolute atomic E-state index is 0.126. The van der Waals surface area contributed by atoms with E-state index in [0.29, 0.717) is 0 Å². The molecule has 1 atom stereocenters. The van der Waals surface area contributed by atoms with Gasteiger partial charge in [0.1, 0.15) is 0 Å². The maximum atomic E-state index is 12.0. The molecule has 0 spiro atoms. The van der Waals surface area contributed by atoms with Crippen molar-refractivity contribution in [2.45, 2.75) is 18.9 Å². The molecule has 1 aromatic carbocycles. The van der Waals surface area contributed by atoms with Gasteiger partial charge in [-0.15, -0.1) is 0 Å². The quantitative estimate of drug-likeness (QED) is 0.859. The molecule has 4 nitrogen and oxygen atoms in total. The SMILES string of the molecule is O=C(O)CC(NC(=O)Cc1ccsc1)c1ccccc1. The first-order valence-corrected chi connectivity index (χ1v) is 7.16. The third-order valence-electron chi connectivity index (χ3n) is 2.86. The molecule has 0 aliphatic rings. The van der Waals surface area contributed by atoms with Gasteiger partial charge in [0.2, 0.25) is 5.91 Å². The minimum Gasteiger partial charge on any atom is -0.481 e. The highest BCUT2D eigenvalue weighted by Crippen LogP contribution is 2.17. The van der Waals surface area contributed by atoms with Crippen LogP contribution >= 0.6 is 11.3 Å². The number of amides is 1. The largest absolute Gasteiger partial charge is 0.481 e. The predicted molar refractivity (Wildman–Crippen MR) is 77.6 cm³/mol. The molecule has 2 rings (SSSR count). The van der Waals surface area contributed by atoms with Gasteiger partial charge in [0.25, 0.3) is 0 Å². The molecule has 1 amide bonds. The number of carbonyl (C=O) groups is 2. The van der Waals surface area contributed by atoms with Crippen molar-refractivity contribution in [3.8, 4) is 0 Å². The van der Waals surface area contributed by atoms with Gasteiger partial charge < -0.3 is 10.4 Å². The first-order valence-electron chi connectivity index (χ1n) is 6.22. The third kappa shape index (κ3) is 4.20. The van der Waals surface area contributed by atoms with Crippen LogP contribution in [0.15, 0.2) is 47.2 Å². The van der Waals surface area contributed by atoms with Crippen molar-refractivity contribution in [2.24, 2.45) is 0 Å². The van der Waals surface area contributed by atoms with Crippen LogP contribution in [0.4, 0.5) is 0 Å². The van der Waals surface area contributed by atoms with Crippen LogP contribution in [0, 0.1) is 0 Å². The maximum Gasteiger partial charge on any atom is 0.305 e. The van der Waals surface area contributed by atoms with Gasteiger partial charge in [-0.25, -0.2) is 0 Å². The van der Waals surface area contributed by atoms with Crippen LogP contribution in [0.3, 0.4) is 0 Å². The molecule has 2 aromatic rings. The number of thiophene rings is 1. The second-order valence-electron chi connectivity index (χ2n) is 4.44. The van der Waals surface area contributed by atoms with Crippen molar-refractivity contribution in [3.05, 3.63) is 58.3 Å². The zero-order valence-corrected chi connectivity index (χ0v) is 11.6. The first-order chi connectivity index (χ1) is 9.65. The van der Waals surface area contributed by atoms with Crippen molar-refractivity contribution in [1.82, 2.24) is 5.32 Å². The minimum atomic E-state index is -0.935. The summed E-state index contributed by atoms with van der Waals surface area (Å²) < 4.78 is 0. The Labute approximate surface area is 121 Å². The van der Waals surface area contributed by atoms with Gasteiger partial charge in [-0.2, -0.15) is 11.3 Å². The zero-order valence-electron chi connectivity index (χ0n) is 10.8. The van der Waals surface area contributed by atoms with E-state index in [1.807, 2.05) is 47.2 Å². The van der Waals surface area contributed by atoms with Gasteiger partial charge in [0.15, 0.2) is 0 Å². The summed E-state index contributed by atoms with van der Waals surface area (Å²) in [5, 5.41) is 15.6. The average Bonchev–Trinajstić information content (AvgIpc) is 2.91. The van der Waals surface area contributed by atoms with Crippen molar-refractivity contribution in [1.29, 1.82) is 0 Å². The zero-order chi connectivity index (χ0) is 14.4. The monoisotopic (exact) mass is 289 g/mol. The summed E-state index contributed by atoms with van der Waals surface area (Å²) in [6, 6.07) is 10.5. The van der Waals surface area contributed by atoms with E-state index in [0.717, 1.165) is 11.1 Å². The summed E-state index contributed by atoms with van der Waals surface area (Å²) in [5.41, 5.74) is 1.74. The smallest absolute Gasteiger partial charge is 0.305 e. The van der Waals surface area contributed by atoms with Gasteiger partial charge in [-0.1, -0.05) is 30.3 Å². The number of rotatable bonds is 6. The molecule has 1 aromatic heterocycles. The van der Waals surface area contributed by atoms with E-state index in [-0.39, 0.29) is 18.7 Å². The molecule has 0 saturated carbocycles. The lowest BCUT2D eigenvalue weighted by Crippen LogP contribution is -2.31. The molecular weight excluding hydrogens is 274 g/mol. The molecule has 0 radical (unpaired) electrons. The van der Waals surface area contributed by atoms with Crippen molar-refractivity contribution < 1.29 is 14.7 Å². The molecule has 5 heteroatoms. The lowest BCUT2D eigenvalue weighted by molar-refractivity contribution is -0.137. The summed E-state index contributed by atoms with van der Waals surface area (Å²) in [4.78, 5) is 22.9. The highest BCUT2D eigenvalue weighted by molar-refractivity contribution is 7.07. The summed E-state index contributed by atoms with van der Waals surface area (Å²) in [5.74, 6) is -1.10. The predicted octanol–water partition coefficient (Wildman–Crippen LogP) is 2.62. The van der Waals surface area contributed by atoms with Crippen LogP contribution in [0.5, 0.6) is 0 Å². The fourth-order valence-corrected chi connectivity index (χ4v) is 2.60. The van der Waals surface area contributed by atoms with Crippen molar-refractivity contribution in [3.63, 3.8) is 0 Å². The number of aliphatic carboxylic acids is 1. The summed E-state index contributed by atoms with van der Waals surface area (Å²) in [6.45, 7) is 0. The van der Waals surface area contributed by atoms with Gasteiger partial charge in [-0.3, -0.25) is 9.59 Å². The Bertz CT molecular complexity index is 566. The Hall–Kier alpha value is -2.14. The molecular formula is C15H15NO3S. The molecule has 0 saturated heterocycles. The highest BCUT2D eigenvalue weighted by atomic mass is 32.1. The molecule has 1 heterocycles. The van der Waals surface area contributed by atoms with E-state index in [1.54, 1.807) is 0 Å². The van der Waals surface area contributed by atoms with Crippen molar-refractivity contribution in [2.75, 3.05) is 0 Å². The van der Waals surface area contributed by atoms with E-state index in [4.69, 9.17) is 5.11 Å². The Morgan fingerprint density at radius 2 is 1.95 bits per heavy atom. The average molecular weight is 289 g/mol. The summed E-state index contributed by atoms with van der Waals surface area (Å²) in [7, 11) is 0. The van der Waals surface area contributed by atoms with E-state index in [9.17, 15) is 9.59 Å². The van der Waals surface area contributed by atoms with Gasteiger partial charge in [-0.05, 0) is 28.0 Å². The van der Waals surface area contributed by atoms with Gasteiger partial charge in [0.05, 0.1) is 18.9 Å². The number of hydrogen-bond donors (Lipinski definition) is 2. The van der Waals surface area contributed by atoms with E-state index < -0.39 is 12.0 Å². The normalized spacial score (nSPS) is 11.8. The summed E-state index contributed by atoms with van der Waals surface area (Å²) >= 11 is 1.53. The van der Waals surface area contributed by atoms with Crippen LogP contribution < -0.4 is 5.32 Å². The number of hydrogen-bond acceptors (Lipinski definition) is 3. The van der Waals surface area contributed by atoms with Gasteiger partial charge >= 0.3 is 5.97 Å². The topological polar surface area (TPSA) is 66.4 Å². The molecule has 2 N–H and O–H groups in total. The Morgan fingerprint density at radius 1 is 1.20 bits per heavy atom. The number of carboxylic acids is 1. The molecule has 1 unspecified atom stereocenters. The lowest BCUT2D eigenvalue weighted by atomic mass is 10.0. The summed E-state index contributed by atoms with van der Waals surface area (Å²) in [6.07, 6.45) is 0.145. The van der Waals surface area contributed by atoms with Gasteiger partial charge in [0, 0.05) is 0 Å². The second-order valence-corrected chi connectivity index (χ2v) is 5.22. The second kappa shape index (κ2) is 6.86. The Kier molecular flexibility index (Phi) is 4.90. The molecule has 104 valence electrons. The van der Waals surface area contributed by atoms with Crippen LogP contribution in [0.2, 0.25) is 0 Å². The molecule has 0 aliphatic carbocycles. The first kappa shape index (κ1) is 14.3. The fraction of sp³-hybridized carbons (Fsp3) is 0.200. The Balaban J connectivity index is 2.04. The van der Waals surface area contributed by atoms with Crippen LogP contribution in [-0.2, 0) is 16.0 Å². The fourth-order valence-electron chi connectivity index (χ4n) is 1.94. The third-order valence-corrected chi connectivity index (χ3v) is 3.59. The molecule has 0 fully saturated rings. The highest BCUT2D eigenvalue weighted by Gasteiger charge is 2.17. The van der Waals surface area contributed by atoms with Crippen molar-refractivity contribution >= 4 is 23.2 Å². The van der Waals surface area contributed by atoms with Crippen LogP contribution in [0.1, 0.15) is 23.6 Å². The molecule has 0 bridgehead atoms. The van der Waals surface area contributed by atoms with Crippen LogP contribution in [0.25, 0.3) is 0 Å². The lowest BCUT2D eigenvalue weighted by Gasteiger charge is -2.17. The number of carbonyl (C=O) groups excluding carboxylic acids is 1. The molecule has 20 heavy (non-hydrogen) atoms. The standard InChI is InChI=1S/C15H15NO3S/c17-14(8-11-6-7-20-10-11)16-13(9-15(18)19)12-4-2-1-3-5-12/h1-7,10,13H,8-9H2,(H,16,17)(H,18,19). The molecule has 0 aliphatic heterocycles. The van der Waals surface area contributed by atoms with E-state index in [1.165, 1.54) is 11.3 Å². The maximum absolute atomic E-state index is 12.0. The number of nitrogens with one attached hydrogen (secondary N) is 1. The van der Waals surface area contributed by atoms with Crippen LogP contribution in [-0.4, -0.2) is 17.0 Å².